The predicted molar refractivity (Wildman–Crippen MR) is 138 cm³/mol. The highest BCUT2D eigenvalue weighted by Gasteiger charge is 2.26. The van der Waals surface area contributed by atoms with Crippen LogP contribution in [0.3, 0.4) is 0 Å². The van der Waals surface area contributed by atoms with E-state index in [4.69, 9.17) is 4.74 Å². The lowest BCUT2D eigenvalue weighted by atomic mass is 10.0. The molecule has 2 N–H and O–H groups in total. The minimum absolute atomic E-state index is 0.0663. The normalized spacial score (nSPS) is 12.4. The maximum atomic E-state index is 12.8. The van der Waals surface area contributed by atoms with Crippen LogP contribution in [0.5, 0.6) is 5.75 Å². The SMILES string of the molecule is Cc1ccc(S(=O)(=O)N[C@H](CC(C)C)C(=O)N/N=C\c2ccc(OC(=O)c3ccccc3)cc2)cc1. The van der Waals surface area contributed by atoms with Crippen LogP contribution in [0.25, 0.3) is 0 Å². The molecule has 8 nitrogen and oxygen atoms in total. The van der Waals surface area contributed by atoms with Gasteiger partial charge in [-0.3, -0.25) is 4.79 Å². The number of ether oxygens (including phenoxy) is 1. The van der Waals surface area contributed by atoms with Gasteiger partial charge in [0.2, 0.25) is 10.0 Å². The number of carbonyl (C=O) groups excluding carboxylic acids is 2. The molecule has 9 heteroatoms. The zero-order valence-electron chi connectivity index (χ0n) is 20.3. The van der Waals surface area contributed by atoms with Crippen LogP contribution in [0.1, 0.15) is 41.8 Å². The molecule has 0 radical (unpaired) electrons. The van der Waals surface area contributed by atoms with Gasteiger partial charge in [0.15, 0.2) is 0 Å². The Morgan fingerprint density at radius 2 is 1.58 bits per heavy atom. The number of hydrogen-bond donors (Lipinski definition) is 2. The molecular formula is C27H29N3O5S. The summed E-state index contributed by atoms with van der Waals surface area (Å²) in [7, 11) is -3.88. The zero-order chi connectivity index (χ0) is 26.1. The van der Waals surface area contributed by atoms with Crippen LogP contribution in [0.15, 0.2) is 88.9 Å². The average molecular weight is 508 g/mol. The molecule has 1 atom stereocenters. The fourth-order valence-corrected chi connectivity index (χ4v) is 4.47. The Bertz CT molecular complexity index is 1300. The summed E-state index contributed by atoms with van der Waals surface area (Å²) in [5, 5.41) is 3.96. The molecule has 0 saturated carbocycles. The van der Waals surface area contributed by atoms with Gasteiger partial charge in [0, 0.05) is 0 Å². The molecule has 0 heterocycles. The minimum atomic E-state index is -3.88. The first-order valence-corrected chi connectivity index (χ1v) is 12.9. The monoisotopic (exact) mass is 507 g/mol. The molecule has 0 aliphatic heterocycles. The Labute approximate surface area is 211 Å². The van der Waals surface area contributed by atoms with E-state index in [0.717, 1.165) is 5.56 Å². The van der Waals surface area contributed by atoms with Crippen molar-refractivity contribution < 1.29 is 22.7 Å². The number of aryl methyl sites for hydroxylation is 1. The van der Waals surface area contributed by atoms with E-state index >= 15 is 0 Å². The van der Waals surface area contributed by atoms with E-state index in [1.165, 1.54) is 18.3 Å². The van der Waals surface area contributed by atoms with Gasteiger partial charge in [-0.1, -0.05) is 49.7 Å². The molecule has 0 aromatic heterocycles. The summed E-state index contributed by atoms with van der Waals surface area (Å²) in [6.45, 7) is 5.66. The van der Waals surface area contributed by atoms with Crippen LogP contribution in [-0.2, 0) is 14.8 Å². The van der Waals surface area contributed by atoms with Gasteiger partial charge in [-0.15, -0.1) is 0 Å². The third kappa shape index (κ3) is 7.86. The number of esters is 1. The smallest absolute Gasteiger partial charge is 0.343 e. The first-order valence-electron chi connectivity index (χ1n) is 11.4. The number of nitrogens with zero attached hydrogens (tertiary/aromatic N) is 1. The molecule has 3 aromatic rings. The molecule has 0 bridgehead atoms. The van der Waals surface area contributed by atoms with Crippen molar-refractivity contribution >= 4 is 28.1 Å². The topological polar surface area (TPSA) is 114 Å². The van der Waals surface area contributed by atoms with Gasteiger partial charge in [-0.2, -0.15) is 9.82 Å². The van der Waals surface area contributed by atoms with Crippen molar-refractivity contribution in [2.75, 3.05) is 0 Å². The summed E-state index contributed by atoms with van der Waals surface area (Å²) in [6.07, 6.45) is 1.72. The number of sulfonamides is 1. The molecule has 0 saturated heterocycles. The summed E-state index contributed by atoms with van der Waals surface area (Å²) in [4.78, 5) is 25.0. The van der Waals surface area contributed by atoms with Crippen molar-refractivity contribution in [2.24, 2.45) is 11.0 Å². The number of benzene rings is 3. The van der Waals surface area contributed by atoms with E-state index in [0.29, 0.717) is 23.3 Å². The van der Waals surface area contributed by atoms with Crippen LogP contribution < -0.4 is 14.9 Å². The molecular weight excluding hydrogens is 478 g/mol. The summed E-state index contributed by atoms with van der Waals surface area (Å²) >= 11 is 0. The van der Waals surface area contributed by atoms with Crippen LogP contribution in [0.4, 0.5) is 0 Å². The third-order valence-electron chi connectivity index (χ3n) is 5.14. The molecule has 1 amide bonds. The van der Waals surface area contributed by atoms with Gasteiger partial charge in [0.25, 0.3) is 5.91 Å². The average Bonchev–Trinajstić information content (AvgIpc) is 2.85. The second kappa shape index (κ2) is 12.2. The molecule has 188 valence electrons. The first kappa shape index (κ1) is 26.8. The summed E-state index contributed by atoms with van der Waals surface area (Å²) in [5.41, 5.74) is 4.43. The minimum Gasteiger partial charge on any atom is -0.423 e. The Kier molecular flexibility index (Phi) is 9.10. The predicted octanol–water partition coefficient (Wildman–Crippen LogP) is 4.06. The summed E-state index contributed by atoms with van der Waals surface area (Å²) < 4.78 is 33.4. The number of amides is 1. The van der Waals surface area contributed by atoms with Gasteiger partial charge < -0.3 is 4.74 Å². The van der Waals surface area contributed by atoms with Crippen molar-refractivity contribution in [2.45, 2.75) is 38.1 Å². The second-order valence-corrected chi connectivity index (χ2v) is 10.4. The Hall–Kier alpha value is -3.82. The summed E-state index contributed by atoms with van der Waals surface area (Å²) in [6, 6.07) is 20.6. The number of rotatable bonds is 10. The third-order valence-corrected chi connectivity index (χ3v) is 6.63. The van der Waals surface area contributed by atoms with E-state index in [1.807, 2.05) is 26.8 Å². The van der Waals surface area contributed by atoms with Gasteiger partial charge in [0.05, 0.1) is 16.7 Å². The first-order chi connectivity index (χ1) is 17.1. The van der Waals surface area contributed by atoms with Gasteiger partial charge >= 0.3 is 5.97 Å². The lowest BCUT2D eigenvalue weighted by Crippen LogP contribution is -2.46. The van der Waals surface area contributed by atoms with E-state index in [2.05, 4.69) is 15.2 Å². The Morgan fingerprint density at radius 1 is 0.944 bits per heavy atom. The van der Waals surface area contributed by atoms with Crippen LogP contribution in [0, 0.1) is 12.8 Å². The molecule has 0 aliphatic rings. The Morgan fingerprint density at radius 3 is 2.19 bits per heavy atom. The fourth-order valence-electron chi connectivity index (χ4n) is 3.26. The quantitative estimate of drug-likeness (QED) is 0.186. The lowest BCUT2D eigenvalue weighted by Gasteiger charge is -2.19. The largest absolute Gasteiger partial charge is 0.423 e. The van der Waals surface area contributed by atoms with Crippen molar-refractivity contribution in [3.63, 3.8) is 0 Å². The number of carbonyl (C=O) groups is 2. The fraction of sp³-hybridized carbons (Fsp3) is 0.222. The van der Waals surface area contributed by atoms with Crippen LogP contribution in [0.2, 0.25) is 0 Å². The lowest BCUT2D eigenvalue weighted by molar-refractivity contribution is -0.123. The van der Waals surface area contributed by atoms with Crippen molar-refractivity contribution in [1.82, 2.24) is 10.1 Å². The number of hydrogen-bond acceptors (Lipinski definition) is 6. The molecule has 0 spiro atoms. The molecule has 0 unspecified atom stereocenters. The molecule has 3 rings (SSSR count). The zero-order valence-corrected chi connectivity index (χ0v) is 21.2. The van der Waals surface area contributed by atoms with E-state index in [9.17, 15) is 18.0 Å². The molecule has 36 heavy (non-hydrogen) atoms. The Balaban J connectivity index is 1.61. The highest BCUT2D eigenvalue weighted by Crippen LogP contribution is 2.15. The highest BCUT2D eigenvalue weighted by atomic mass is 32.2. The molecule has 0 fully saturated rings. The van der Waals surface area contributed by atoms with Crippen LogP contribution >= 0.6 is 0 Å². The summed E-state index contributed by atoms with van der Waals surface area (Å²) in [5.74, 6) is -0.596. The van der Waals surface area contributed by atoms with E-state index < -0.39 is 27.9 Å². The van der Waals surface area contributed by atoms with Gasteiger partial charge in [0.1, 0.15) is 11.8 Å². The van der Waals surface area contributed by atoms with Crippen molar-refractivity contribution in [3.8, 4) is 5.75 Å². The highest BCUT2D eigenvalue weighted by molar-refractivity contribution is 7.89. The van der Waals surface area contributed by atoms with Gasteiger partial charge in [-0.05, 0) is 73.4 Å². The van der Waals surface area contributed by atoms with Crippen molar-refractivity contribution in [1.29, 1.82) is 0 Å². The van der Waals surface area contributed by atoms with Gasteiger partial charge in [-0.25, -0.2) is 18.6 Å². The molecule has 3 aromatic carbocycles. The van der Waals surface area contributed by atoms with E-state index in [1.54, 1.807) is 60.7 Å². The standard InChI is InChI=1S/C27H29N3O5S/c1-19(2)17-25(30-36(33,34)24-15-9-20(3)10-16-24)26(31)29-28-18-21-11-13-23(14-12-21)35-27(32)22-7-5-4-6-8-22/h4-16,18-19,25,30H,17H2,1-3H3,(H,29,31)/b28-18-/t25-/m1/s1. The molecule has 0 aliphatic carbocycles. The van der Waals surface area contributed by atoms with Crippen molar-refractivity contribution in [3.05, 3.63) is 95.6 Å². The second-order valence-electron chi connectivity index (χ2n) is 8.68. The number of nitrogens with one attached hydrogen (secondary N) is 2. The van der Waals surface area contributed by atoms with Crippen LogP contribution in [-0.4, -0.2) is 32.6 Å². The number of hydrazone groups is 1. The maximum Gasteiger partial charge on any atom is 0.343 e. The van der Waals surface area contributed by atoms with E-state index in [-0.39, 0.29) is 10.8 Å². The maximum absolute atomic E-state index is 12.8.